The molecule has 46 heavy (non-hydrogen) atoms. The molecule has 4 aromatic rings. The summed E-state index contributed by atoms with van der Waals surface area (Å²) >= 11 is 0. The SMILES string of the molecule is Cc1ccnc(C(C)C)c1-n1c(=O)c2c(c3cc(F)c(-c4c(O)cccc4F)c(F)c31)N1C[C@@H](C)NC[C@@H]1CN2CCCN(C)C. The minimum Gasteiger partial charge on any atom is -0.507 e. The van der Waals surface area contributed by atoms with Crippen LogP contribution in [0.3, 0.4) is 0 Å². The lowest BCUT2D eigenvalue weighted by Crippen LogP contribution is -2.62. The third kappa shape index (κ3) is 5.29. The number of nitrogens with zero attached hydrogens (tertiary/aromatic N) is 5. The second-order valence-corrected chi connectivity index (χ2v) is 13.2. The van der Waals surface area contributed by atoms with Crippen molar-refractivity contribution in [2.24, 2.45) is 0 Å². The number of piperazine rings is 1. The quantitative estimate of drug-likeness (QED) is 0.276. The molecule has 4 heterocycles. The lowest BCUT2D eigenvalue weighted by molar-refractivity contribution is 0.382. The molecule has 0 unspecified atom stereocenters. The highest BCUT2D eigenvalue weighted by Crippen LogP contribution is 2.46. The summed E-state index contributed by atoms with van der Waals surface area (Å²) in [4.78, 5) is 25.9. The number of phenols is 1. The van der Waals surface area contributed by atoms with Crippen LogP contribution in [0.4, 0.5) is 24.5 Å². The first kappa shape index (κ1) is 31.9. The highest BCUT2D eigenvalue weighted by Gasteiger charge is 2.40. The fourth-order valence-electron chi connectivity index (χ4n) is 7.03. The van der Waals surface area contributed by atoms with Gasteiger partial charge in [0.25, 0.3) is 5.56 Å². The highest BCUT2D eigenvalue weighted by atomic mass is 19.1. The van der Waals surface area contributed by atoms with Gasteiger partial charge in [-0.05, 0) is 76.7 Å². The summed E-state index contributed by atoms with van der Waals surface area (Å²) < 4.78 is 50.1. The zero-order chi connectivity index (χ0) is 33.0. The van der Waals surface area contributed by atoms with E-state index in [1.165, 1.54) is 22.8 Å². The maximum Gasteiger partial charge on any atom is 0.281 e. The fourth-order valence-corrected chi connectivity index (χ4v) is 7.03. The Morgan fingerprint density at radius 1 is 1.07 bits per heavy atom. The van der Waals surface area contributed by atoms with E-state index in [1.807, 2.05) is 41.8 Å². The van der Waals surface area contributed by atoms with E-state index in [1.54, 1.807) is 12.3 Å². The van der Waals surface area contributed by atoms with Gasteiger partial charge in [-0.3, -0.25) is 14.3 Å². The van der Waals surface area contributed by atoms with Gasteiger partial charge >= 0.3 is 0 Å². The second kappa shape index (κ2) is 12.3. The molecule has 0 bridgehead atoms. The van der Waals surface area contributed by atoms with Crippen LogP contribution in [0.25, 0.3) is 27.7 Å². The van der Waals surface area contributed by atoms with Gasteiger partial charge in [0, 0.05) is 43.8 Å². The Labute approximate surface area is 267 Å². The number of fused-ring (bicyclic) bond motifs is 5. The van der Waals surface area contributed by atoms with Crippen molar-refractivity contribution in [2.45, 2.75) is 52.1 Å². The molecular weight excluding hydrogens is 593 g/mol. The minimum atomic E-state index is -1.13. The summed E-state index contributed by atoms with van der Waals surface area (Å²) in [5, 5.41) is 14.3. The van der Waals surface area contributed by atoms with E-state index in [0.29, 0.717) is 54.5 Å². The Morgan fingerprint density at radius 2 is 1.83 bits per heavy atom. The summed E-state index contributed by atoms with van der Waals surface area (Å²) in [5.41, 5.74) is 0.569. The molecular formula is C35H41F3N6O2. The van der Waals surface area contributed by atoms with Crippen molar-refractivity contribution in [3.63, 3.8) is 0 Å². The van der Waals surface area contributed by atoms with Crippen LogP contribution in [0.2, 0.25) is 0 Å². The number of benzene rings is 2. The number of aromatic nitrogens is 2. The average molecular weight is 635 g/mol. The van der Waals surface area contributed by atoms with Gasteiger partial charge in [-0.15, -0.1) is 0 Å². The van der Waals surface area contributed by atoms with Gasteiger partial charge in [0.1, 0.15) is 23.1 Å². The normalized spacial score (nSPS) is 18.1. The molecule has 1 saturated heterocycles. The number of nitrogens with one attached hydrogen (secondary N) is 1. The lowest BCUT2D eigenvalue weighted by atomic mass is 9.95. The first-order valence-electron chi connectivity index (χ1n) is 15.8. The lowest BCUT2D eigenvalue weighted by Gasteiger charge is -2.49. The molecule has 8 nitrogen and oxygen atoms in total. The van der Waals surface area contributed by atoms with Gasteiger partial charge in [0.15, 0.2) is 5.82 Å². The molecule has 2 atom stereocenters. The maximum atomic E-state index is 17.3. The number of pyridine rings is 2. The van der Waals surface area contributed by atoms with Crippen LogP contribution in [0, 0.1) is 24.4 Å². The summed E-state index contributed by atoms with van der Waals surface area (Å²) in [6.45, 7) is 10.9. The predicted octanol–water partition coefficient (Wildman–Crippen LogP) is 5.55. The zero-order valence-electron chi connectivity index (χ0n) is 27.2. The smallest absolute Gasteiger partial charge is 0.281 e. The monoisotopic (exact) mass is 634 g/mol. The van der Waals surface area contributed by atoms with Gasteiger partial charge < -0.3 is 25.1 Å². The van der Waals surface area contributed by atoms with Gasteiger partial charge in [0.2, 0.25) is 0 Å². The number of anilines is 2. The Morgan fingerprint density at radius 3 is 2.52 bits per heavy atom. The predicted molar refractivity (Wildman–Crippen MR) is 177 cm³/mol. The van der Waals surface area contributed by atoms with Crippen LogP contribution >= 0.6 is 0 Å². The van der Waals surface area contributed by atoms with Crippen LogP contribution in [0.15, 0.2) is 41.3 Å². The van der Waals surface area contributed by atoms with E-state index < -0.39 is 39.9 Å². The Balaban J connectivity index is 1.79. The second-order valence-electron chi connectivity index (χ2n) is 13.2. The van der Waals surface area contributed by atoms with Crippen LogP contribution < -0.4 is 20.7 Å². The van der Waals surface area contributed by atoms with Gasteiger partial charge in [-0.25, -0.2) is 13.2 Å². The Hall–Kier alpha value is -4.09. The van der Waals surface area contributed by atoms with E-state index in [9.17, 15) is 5.11 Å². The Bertz CT molecular complexity index is 1850. The van der Waals surface area contributed by atoms with Crippen molar-refractivity contribution in [1.29, 1.82) is 0 Å². The molecule has 11 heteroatoms. The summed E-state index contributed by atoms with van der Waals surface area (Å²) in [6, 6.07) is 6.46. The van der Waals surface area contributed by atoms with Crippen LogP contribution in [-0.4, -0.2) is 78.5 Å². The van der Waals surface area contributed by atoms with Crippen LogP contribution in [-0.2, 0) is 0 Å². The first-order valence-corrected chi connectivity index (χ1v) is 15.8. The number of hydrogen-bond donors (Lipinski definition) is 2. The van der Waals surface area contributed by atoms with Crippen molar-refractivity contribution in [3.05, 3.63) is 75.6 Å². The number of rotatable bonds is 7. The minimum absolute atomic E-state index is 0.0470. The van der Waals surface area contributed by atoms with Crippen molar-refractivity contribution in [2.75, 3.05) is 56.6 Å². The number of halogens is 3. The number of aromatic hydroxyl groups is 1. The molecule has 0 amide bonds. The van der Waals surface area contributed by atoms with E-state index in [-0.39, 0.29) is 28.9 Å². The number of aryl methyl sites for hydroxylation is 1. The average Bonchev–Trinajstić information content (AvgIpc) is 2.99. The molecule has 2 aliphatic rings. The zero-order valence-corrected chi connectivity index (χ0v) is 27.2. The molecule has 0 radical (unpaired) electrons. The topological polar surface area (TPSA) is 76.9 Å². The third-order valence-electron chi connectivity index (χ3n) is 9.15. The molecule has 0 spiro atoms. The molecule has 2 N–H and O–H groups in total. The summed E-state index contributed by atoms with van der Waals surface area (Å²) in [5.74, 6) is -3.88. The van der Waals surface area contributed by atoms with Crippen molar-refractivity contribution in [1.82, 2.24) is 19.8 Å². The largest absolute Gasteiger partial charge is 0.507 e. The summed E-state index contributed by atoms with van der Waals surface area (Å²) in [6.07, 6.45) is 2.43. The van der Waals surface area contributed by atoms with E-state index in [0.717, 1.165) is 19.0 Å². The standard InChI is InChI=1S/C35H41F3N6O2/c1-19(2)30-31(20(3)11-12-39-30)44-32-23(15-25(37)28(29(32)38)27-24(36)9-7-10-26(27)45)33-34(35(44)46)42(14-8-13-41(5)6)18-22-16-40-21(4)17-43(22)33/h7,9-12,15,19,21-22,40,45H,8,13-14,16-18H2,1-6H3/t21-,22-/m1/s1. The number of phenolic OH excluding ortho intramolecular Hbond substituents is 1. The van der Waals surface area contributed by atoms with Crippen molar-refractivity contribution in [3.8, 4) is 22.6 Å². The van der Waals surface area contributed by atoms with Gasteiger partial charge in [0.05, 0.1) is 39.8 Å². The maximum absolute atomic E-state index is 17.3. The third-order valence-corrected chi connectivity index (χ3v) is 9.15. The first-order chi connectivity index (χ1) is 21.9. The highest BCUT2D eigenvalue weighted by molar-refractivity contribution is 6.03. The molecule has 2 aliphatic heterocycles. The van der Waals surface area contributed by atoms with Crippen molar-refractivity contribution < 1.29 is 18.3 Å². The molecule has 2 aromatic carbocycles. The van der Waals surface area contributed by atoms with Gasteiger partial charge in [-0.2, -0.15) is 0 Å². The Kier molecular flexibility index (Phi) is 8.49. The summed E-state index contributed by atoms with van der Waals surface area (Å²) in [7, 11) is 3.99. The molecule has 0 aliphatic carbocycles. The molecule has 2 aromatic heterocycles. The molecule has 0 saturated carbocycles. The van der Waals surface area contributed by atoms with Crippen LogP contribution in [0.1, 0.15) is 44.4 Å². The molecule has 6 rings (SSSR count). The molecule has 1 fully saturated rings. The van der Waals surface area contributed by atoms with E-state index in [4.69, 9.17) is 0 Å². The van der Waals surface area contributed by atoms with Gasteiger partial charge in [-0.1, -0.05) is 19.9 Å². The van der Waals surface area contributed by atoms with Crippen molar-refractivity contribution >= 4 is 22.3 Å². The van der Waals surface area contributed by atoms with E-state index >= 15 is 18.0 Å². The molecule has 244 valence electrons. The van der Waals surface area contributed by atoms with E-state index in [2.05, 4.69) is 25.0 Å². The fraction of sp³-hybridized carbons (Fsp3) is 0.429. The van der Waals surface area contributed by atoms with Crippen LogP contribution in [0.5, 0.6) is 5.75 Å². The number of hydrogen-bond acceptors (Lipinski definition) is 7.